The summed E-state index contributed by atoms with van der Waals surface area (Å²) in [7, 11) is 0. The van der Waals surface area contributed by atoms with Gasteiger partial charge in [0.15, 0.2) is 17.5 Å². The molecule has 0 bridgehead atoms. The van der Waals surface area contributed by atoms with E-state index < -0.39 is 0 Å². The first kappa shape index (κ1) is 37.5. The average molecular weight is 820 g/mol. The highest BCUT2D eigenvalue weighted by Crippen LogP contribution is 2.52. The van der Waals surface area contributed by atoms with Crippen LogP contribution in [0.15, 0.2) is 217 Å². The zero-order chi connectivity index (χ0) is 42.8. The van der Waals surface area contributed by atoms with Gasteiger partial charge in [-0.2, -0.15) is 0 Å². The van der Waals surface area contributed by atoms with Crippen molar-refractivity contribution in [3.05, 3.63) is 223 Å². The summed E-state index contributed by atoms with van der Waals surface area (Å²) in [6, 6.07) is 74.9. The second kappa shape index (κ2) is 15.0. The van der Waals surface area contributed by atoms with Crippen molar-refractivity contribution in [1.82, 2.24) is 15.0 Å². The van der Waals surface area contributed by atoms with E-state index in [4.69, 9.17) is 19.4 Å². The fourth-order valence-corrected chi connectivity index (χ4v) is 9.82. The summed E-state index contributed by atoms with van der Waals surface area (Å²) >= 11 is 0. The molecule has 0 saturated carbocycles. The molecule has 302 valence electrons. The van der Waals surface area contributed by atoms with E-state index in [9.17, 15) is 0 Å². The second-order valence-corrected chi connectivity index (χ2v) is 17.2. The van der Waals surface area contributed by atoms with Gasteiger partial charge in [-0.15, -0.1) is 0 Å². The third kappa shape index (κ3) is 6.34. The average Bonchev–Trinajstić information content (AvgIpc) is 3.86. The molecule has 0 amide bonds. The quantitative estimate of drug-likeness (QED) is 0.161. The molecule has 0 radical (unpaired) electrons. The van der Waals surface area contributed by atoms with Crippen molar-refractivity contribution in [3.8, 4) is 89.8 Å². The molecule has 0 unspecified atom stereocenters. The van der Waals surface area contributed by atoms with E-state index >= 15 is 0 Å². The number of rotatable bonds is 7. The maximum absolute atomic E-state index is 6.63. The molecule has 0 saturated heterocycles. The minimum absolute atomic E-state index is 0.154. The molecule has 0 aliphatic heterocycles. The van der Waals surface area contributed by atoms with Gasteiger partial charge >= 0.3 is 0 Å². The molecule has 1 aliphatic rings. The molecule has 2 aromatic heterocycles. The van der Waals surface area contributed by atoms with Crippen LogP contribution in [0.25, 0.3) is 112 Å². The largest absolute Gasteiger partial charge is 0.456 e. The summed E-state index contributed by atoms with van der Waals surface area (Å²) in [6.07, 6.45) is 0. The summed E-state index contributed by atoms with van der Waals surface area (Å²) in [5, 5.41) is 2.13. The minimum atomic E-state index is -0.154. The Kier molecular flexibility index (Phi) is 8.80. The van der Waals surface area contributed by atoms with Crippen LogP contribution < -0.4 is 0 Å². The number of furan rings is 1. The van der Waals surface area contributed by atoms with Crippen LogP contribution in [0.2, 0.25) is 0 Å². The number of hydrogen-bond donors (Lipinski definition) is 0. The lowest BCUT2D eigenvalue weighted by molar-refractivity contribution is 0.662. The second-order valence-electron chi connectivity index (χ2n) is 17.2. The summed E-state index contributed by atoms with van der Waals surface area (Å²) < 4.78 is 6.63. The normalized spacial score (nSPS) is 12.7. The lowest BCUT2D eigenvalue weighted by Gasteiger charge is -2.24. The Morgan fingerprint density at radius 1 is 0.328 bits per heavy atom. The topological polar surface area (TPSA) is 51.8 Å². The van der Waals surface area contributed by atoms with Crippen molar-refractivity contribution in [2.75, 3.05) is 0 Å². The van der Waals surface area contributed by atoms with Gasteiger partial charge in [0.2, 0.25) is 0 Å². The summed E-state index contributed by atoms with van der Waals surface area (Å²) in [5.74, 6) is 1.78. The predicted molar refractivity (Wildman–Crippen MR) is 263 cm³/mol. The Balaban J connectivity index is 0.983. The number of nitrogens with zero attached hydrogens (tertiary/aromatic N) is 3. The van der Waals surface area contributed by atoms with Gasteiger partial charge in [-0.1, -0.05) is 196 Å². The maximum Gasteiger partial charge on any atom is 0.164 e. The van der Waals surface area contributed by atoms with Crippen molar-refractivity contribution in [3.63, 3.8) is 0 Å². The van der Waals surface area contributed by atoms with Crippen molar-refractivity contribution < 1.29 is 4.42 Å². The third-order valence-corrected chi connectivity index (χ3v) is 12.9. The van der Waals surface area contributed by atoms with Crippen LogP contribution in [0.3, 0.4) is 0 Å². The molecule has 0 atom stereocenters. The van der Waals surface area contributed by atoms with Crippen molar-refractivity contribution in [2.45, 2.75) is 19.3 Å². The number of aromatic nitrogens is 3. The summed E-state index contributed by atoms with van der Waals surface area (Å²) in [5.41, 5.74) is 18.6. The fourth-order valence-electron chi connectivity index (χ4n) is 9.82. The van der Waals surface area contributed by atoms with E-state index in [1.807, 2.05) is 18.2 Å². The predicted octanol–water partition coefficient (Wildman–Crippen LogP) is 15.7. The van der Waals surface area contributed by atoms with Gasteiger partial charge < -0.3 is 4.42 Å². The molecule has 0 N–H and O–H groups in total. The molecule has 9 aromatic carbocycles. The number of benzene rings is 9. The standard InChI is InChI=1S/C60H41N3O/c1-60(2)52-27-10-9-23-49(52)50-26-13-25-48(56(50)60)43-20-12-22-45(36-43)58-61-57(44-21-11-19-42(35-44)39-17-7-4-8-18-39)62-59(63-58)46-33-34-51-54(37-46)64-53-28-14-24-47(55(51)53)41-31-29-40(30-32-41)38-15-5-3-6-16-38/h3-37H,1-2H3. The highest BCUT2D eigenvalue weighted by molar-refractivity contribution is 6.13. The van der Waals surface area contributed by atoms with Crippen molar-refractivity contribution in [2.24, 2.45) is 0 Å². The molecule has 12 rings (SSSR count). The van der Waals surface area contributed by atoms with Gasteiger partial charge in [0.25, 0.3) is 0 Å². The van der Waals surface area contributed by atoms with Crippen LogP contribution in [0.1, 0.15) is 25.0 Å². The molecule has 2 heterocycles. The smallest absolute Gasteiger partial charge is 0.164 e. The summed E-state index contributed by atoms with van der Waals surface area (Å²) in [4.78, 5) is 15.7. The highest BCUT2D eigenvalue weighted by Gasteiger charge is 2.37. The Morgan fingerprint density at radius 2 is 0.797 bits per heavy atom. The van der Waals surface area contributed by atoms with Gasteiger partial charge in [-0.05, 0) is 97.1 Å². The first-order chi connectivity index (χ1) is 31.5. The van der Waals surface area contributed by atoms with E-state index in [0.717, 1.165) is 66.4 Å². The first-order valence-corrected chi connectivity index (χ1v) is 21.8. The van der Waals surface area contributed by atoms with Crippen molar-refractivity contribution in [1.29, 1.82) is 0 Å². The van der Waals surface area contributed by atoms with Gasteiger partial charge in [-0.25, -0.2) is 15.0 Å². The molecular weight excluding hydrogens is 779 g/mol. The monoisotopic (exact) mass is 819 g/mol. The van der Waals surface area contributed by atoms with Crippen LogP contribution >= 0.6 is 0 Å². The van der Waals surface area contributed by atoms with E-state index in [-0.39, 0.29) is 5.41 Å². The molecule has 0 spiro atoms. The van der Waals surface area contributed by atoms with E-state index in [2.05, 4.69) is 208 Å². The maximum atomic E-state index is 6.63. The minimum Gasteiger partial charge on any atom is -0.456 e. The molecule has 0 fully saturated rings. The molecular formula is C60H41N3O. The van der Waals surface area contributed by atoms with E-state index in [1.54, 1.807) is 0 Å². The van der Waals surface area contributed by atoms with Crippen LogP contribution in [0.4, 0.5) is 0 Å². The lowest BCUT2D eigenvalue weighted by atomic mass is 9.79. The Hall–Kier alpha value is -8.21. The molecule has 1 aliphatic carbocycles. The first-order valence-electron chi connectivity index (χ1n) is 21.8. The number of fused-ring (bicyclic) bond motifs is 6. The third-order valence-electron chi connectivity index (χ3n) is 12.9. The van der Waals surface area contributed by atoms with Crippen molar-refractivity contribution >= 4 is 21.9 Å². The van der Waals surface area contributed by atoms with Gasteiger partial charge in [-0.3, -0.25) is 0 Å². The molecule has 11 aromatic rings. The number of hydrogen-bond acceptors (Lipinski definition) is 4. The summed E-state index contributed by atoms with van der Waals surface area (Å²) in [6.45, 7) is 4.67. The van der Waals surface area contributed by atoms with Gasteiger partial charge in [0.1, 0.15) is 11.2 Å². The molecule has 4 nitrogen and oxygen atoms in total. The Labute approximate surface area is 372 Å². The zero-order valence-electron chi connectivity index (χ0n) is 35.5. The van der Waals surface area contributed by atoms with Crippen LogP contribution in [0.5, 0.6) is 0 Å². The van der Waals surface area contributed by atoms with Crippen LogP contribution in [-0.4, -0.2) is 15.0 Å². The fraction of sp³-hybridized carbons (Fsp3) is 0.0500. The van der Waals surface area contributed by atoms with Crippen LogP contribution in [0, 0.1) is 0 Å². The lowest BCUT2D eigenvalue weighted by Crippen LogP contribution is -2.16. The molecule has 64 heavy (non-hydrogen) atoms. The van der Waals surface area contributed by atoms with Gasteiger partial charge in [0, 0.05) is 32.9 Å². The van der Waals surface area contributed by atoms with Crippen LogP contribution in [-0.2, 0) is 5.41 Å². The van der Waals surface area contributed by atoms with Gasteiger partial charge in [0.05, 0.1) is 0 Å². The zero-order valence-corrected chi connectivity index (χ0v) is 35.5. The van der Waals surface area contributed by atoms with E-state index in [0.29, 0.717) is 17.5 Å². The van der Waals surface area contributed by atoms with E-state index in [1.165, 1.54) is 38.9 Å². The Bertz CT molecular complexity index is 3570. The SMILES string of the molecule is CC1(C)c2ccccc2-c2cccc(-c3cccc(-c4nc(-c5cccc(-c6ccccc6)c5)nc(-c5ccc6c(c5)oc5cccc(-c7ccc(-c8ccccc8)cc7)c56)n4)c3)c21. The Morgan fingerprint density at radius 3 is 1.52 bits per heavy atom. The highest BCUT2D eigenvalue weighted by atomic mass is 16.3. The molecule has 4 heteroatoms.